The van der Waals surface area contributed by atoms with E-state index in [1.807, 2.05) is 36.4 Å². The van der Waals surface area contributed by atoms with Gasteiger partial charge < -0.3 is 10.2 Å². The number of amides is 2. The molecule has 0 bridgehead atoms. The van der Waals surface area contributed by atoms with Crippen molar-refractivity contribution in [3.05, 3.63) is 98.6 Å². The van der Waals surface area contributed by atoms with Crippen molar-refractivity contribution in [3.8, 4) is 0 Å². The fourth-order valence-electron chi connectivity index (χ4n) is 3.77. The largest absolute Gasteiger partial charge is 0.357 e. The summed E-state index contributed by atoms with van der Waals surface area (Å²) in [5.41, 5.74) is 1.96. The van der Waals surface area contributed by atoms with Gasteiger partial charge in [0.15, 0.2) is 0 Å². The van der Waals surface area contributed by atoms with Gasteiger partial charge in [0.05, 0.1) is 11.9 Å². The summed E-state index contributed by atoms with van der Waals surface area (Å²) in [7, 11) is -2.28. The molecular weight excluding hydrogens is 613 g/mol. The molecule has 0 saturated heterocycles. The summed E-state index contributed by atoms with van der Waals surface area (Å²) in [6.07, 6.45) is 1.31. The predicted octanol–water partition coefficient (Wildman–Crippen LogP) is 4.10. The Morgan fingerprint density at radius 1 is 0.972 bits per heavy atom. The molecular formula is C26H27ClIN3O4S. The van der Waals surface area contributed by atoms with E-state index in [9.17, 15) is 18.0 Å². The molecule has 3 aromatic carbocycles. The van der Waals surface area contributed by atoms with Crippen molar-refractivity contribution in [1.29, 1.82) is 0 Å². The topological polar surface area (TPSA) is 86.8 Å². The minimum absolute atomic E-state index is 0.0780. The number of nitrogens with zero attached hydrogens (tertiary/aromatic N) is 2. The third kappa shape index (κ3) is 7.68. The number of carbonyl (C=O) groups excluding carboxylic acids is 2. The Morgan fingerprint density at radius 3 is 2.19 bits per heavy atom. The number of benzene rings is 3. The molecule has 0 aliphatic carbocycles. The molecule has 36 heavy (non-hydrogen) atoms. The lowest BCUT2D eigenvalue weighted by Crippen LogP contribution is -2.52. The van der Waals surface area contributed by atoms with Crippen LogP contribution in [0.25, 0.3) is 0 Å². The van der Waals surface area contributed by atoms with Crippen LogP contribution in [0.1, 0.15) is 11.1 Å². The van der Waals surface area contributed by atoms with Crippen molar-refractivity contribution < 1.29 is 18.0 Å². The standard InChI is InChI=1S/C26H27ClIN3O4S/c1-29-26(33)24(16-19-7-4-3-5-8-19)30(17-20-9-6-10-21(27)15-20)25(32)18-31(36(2,34)35)23-13-11-22(28)12-14-23/h3-15,24H,16-18H2,1-2H3,(H,29,33). The van der Waals surface area contributed by atoms with Gasteiger partial charge in [-0.2, -0.15) is 0 Å². The van der Waals surface area contributed by atoms with Gasteiger partial charge in [-0.15, -0.1) is 0 Å². The number of anilines is 1. The first-order chi connectivity index (χ1) is 17.1. The molecule has 2 amide bonds. The first-order valence-corrected chi connectivity index (χ1v) is 14.4. The Balaban J connectivity index is 2.02. The first kappa shape index (κ1) is 27.9. The second-order valence-electron chi connectivity index (χ2n) is 8.22. The smallest absolute Gasteiger partial charge is 0.244 e. The quantitative estimate of drug-likeness (QED) is 0.339. The molecule has 10 heteroatoms. The highest BCUT2D eigenvalue weighted by molar-refractivity contribution is 14.1. The summed E-state index contributed by atoms with van der Waals surface area (Å²) in [4.78, 5) is 28.3. The molecule has 3 rings (SSSR count). The molecule has 0 fully saturated rings. The number of rotatable bonds is 10. The molecule has 1 unspecified atom stereocenters. The van der Waals surface area contributed by atoms with Gasteiger partial charge in [0.25, 0.3) is 0 Å². The molecule has 190 valence electrons. The Labute approximate surface area is 230 Å². The Hall–Kier alpha value is -2.63. The molecule has 0 saturated carbocycles. The first-order valence-electron chi connectivity index (χ1n) is 11.1. The summed E-state index contributed by atoms with van der Waals surface area (Å²) >= 11 is 8.30. The van der Waals surface area contributed by atoms with Crippen molar-refractivity contribution in [2.75, 3.05) is 24.2 Å². The third-order valence-electron chi connectivity index (χ3n) is 5.55. The normalized spacial score (nSPS) is 12.0. The molecule has 0 aliphatic heterocycles. The van der Waals surface area contributed by atoms with Crippen molar-refractivity contribution in [2.45, 2.75) is 19.0 Å². The van der Waals surface area contributed by atoms with Crippen molar-refractivity contribution in [2.24, 2.45) is 0 Å². The Kier molecular flexibility index (Phi) is 9.75. The highest BCUT2D eigenvalue weighted by atomic mass is 127. The zero-order valence-electron chi connectivity index (χ0n) is 19.9. The van der Waals surface area contributed by atoms with Gasteiger partial charge in [-0.3, -0.25) is 13.9 Å². The maximum atomic E-state index is 13.8. The minimum atomic E-state index is -3.79. The van der Waals surface area contributed by atoms with Crippen LogP contribution in [0.15, 0.2) is 78.9 Å². The maximum absolute atomic E-state index is 13.8. The van der Waals surface area contributed by atoms with E-state index in [0.29, 0.717) is 10.7 Å². The molecule has 7 nitrogen and oxygen atoms in total. The average Bonchev–Trinajstić information content (AvgIpc) is 2.84. The van der Waals surface area contributed by atoms with Crippen LogP contribution in [-0.2, 0) is 32.6 Å². The summed E-state index contributed by atoms with van der Waals surface area (Å²) in [5.74, 6) is -0.863. The Morgan fingerprint density at radius 2 is 1.61 bits per heavy atom. The van der Waals surface area contributed by atoms with E-state index in [2.05, 4.69) is 27.9 Å². The second-order valence-corrected chi connectivity index (χ2v) is 11.8. The van der Waals surface area contributed by atoms with Crippen molar-refractivity contribution in [1.82, 2.24) is 10.2 Å². The van der Waals surface area contributed by atoms with Gasteiger partial charge >= 0.3 is 0 Å². The lowest BCUT2D eigenvalue weighted by atomic mass is 10.0. The summed E-state index contributed by atoms with van der Waals surface area (Å²) in [6.45, 7) is -0.378. The molecule has 0 aliphatic rings. The van der Waals surface area contributed by atoms with Crippen LogP contribution in [0.3, 0.4) is 0 Å². The van der Waals surface area contributed by atoms with Crippen LogP contribution in [0, 0.1) is 3.57 Å². The Bertz CT molecular complexity index is 1300. The second kappa shape index (κ2) is 12.6. The SMILES string of the molecule is CNC(=O)C(Cc1ccccc1)N(Cc1cccc(Cl)c1)C(=O)CN(c1ccc(I)cc1)S(C)(=O)=O. The van der Waals surface area contributed by atoms with Gasteiger partial charge in [0, 0.05) is 28.6 Å². The van der Waals surface area contributed by atoms with Crippen molar-refractivity contribution >= 4 is 61.7 Å². The molecule has 0 heterocycles. The number of hydrogen-bond acceptors (Lipinski definition) is 4. The molecule has 3 aromatic rings. The maximum Gasteiger partial charge on any atom is 0.244 e. The van der Waals surface area contributed by atoms with Gasteiger partial charge in [0.1, 0.15) is 12.6 Å². The monoisotopic (exact) mass is 639 g/mol. The van der Waals surface area contributed by atoms with E-state index in [1.54, 1.807) is 42.5 Å². The highest BCUT2D eigenvalue weighted by Gasteiger charge is 2.32. The van der Waals surface area contributed by atoms with E-state index >= 15 is 0 Å². The van der Waals surface area contributed by atoms with Gasteiger partial charge in [-0.05, 0) is 70.1 Å². The van der Waals surface area contributed by atoms with Gasteiger partial charge in [-0.25, -0.2) is 8.42 Å². The van der Waals surface area contributed by atoms with Gasteiger partial charge in [-0.1, -0.05) is 54.1 Å². The van der Waals surface area contributed by atoms with E-state index < -0.39 is 28.5 Å². The van der Waals surface area contributed by atoms with E-state index in [1.165, 1.54) is 11.9 Å². The predicted molar refractivity (Wildman–Crippen MR) is 151 cm³/mol. The van der Waals surface area contributed by atoms with E-state index in [4.69, 9.17) is 11.6 Å². The molecule has 0 spiro atoms. The fraction of sp³-hybridized carbons (Fsp3) is 0.231. The molecule has 0 radical (unpaired) electrons. The number of sulfonamides is 1. The third-order valence-corrected chi connectivity index (χ3v) is 7.65. The lowest BCUT2D eigenvalue weighted by Gasteiger charge is -2.33. The van der Waals surface area contributed by atoms with Crippen LogP contribution in [-0.4, -0.2) is 51.0 Å². The number of carbonyl (C=O) groups is 2. The van der Waals surface area contributed by atoms with E-state index in [0.717, 1.165) is 25.3 Å². The summed E-state index contributed by atoms with van der Waals surface area (Å²) < 4.78 is 27.4. The molecule has 1 atom stereocenters. The fourth-order valence-corrected chi connectivity index (χ4v) is 5.20. The minimum Gasteiger partial charge on any atom is -0.357 e. The molecule has 0 aromatic heterocycles. The number of nitrogens with one attached hydrogen (secondary N) is 1. The van der Waals surface area contributed by atoms with Crippen LogP contribution in [0.5, 0.6) is 0 Å². The van der Waals surface area contributed by atoms with Gasteiger partial charge in [0.2, 0.25) is 21.8 Å². The molecule has 1 N–H and O–H groups in total. The van der Waals surface area contributed by atoms with Crippen LogP contribution >= 0.6 is 34.2 Å². The lowest BCUT2D eigenvalue weighted by molar-refractivity contribution is -0.139. The average molecular weight is 640 g/mol. The zero-order chi connectivity index (χ0) is 26.3. The number of hydrogen-bond donors (Lipinski definition) is 1. The van der Waals surface area contributed by atoms with Crippen molar-refractivity contribution in [3.63, 3.8) is 0 Å². The van der Waals surface area contributed by atoms with E-state index in [-0.39, 0.29) is 18.9 Å². The highest BCUT2D eigenvalue weighted by Crippen LogP contribution is 2.22. The summed E-state index contributed by atoms with van der Waals surface area (Å²) in [5, 5.41) is 3.14. The van der Waals surface area contributed by atoms with Crippen LogP contribution in [0.2, 0.25) is 5.02 Å². The summed E-state index contributed by atoms with van der Waals surface area (Å²) in [6, 6.07) is 22.3. The number of likely N-dealkylation sites (N-methyl/N-ethyl adjacent to an activating group) is 1. The van der Waals surface area contributed by atoms with Crippen LogP contribution < -0.4 is 9.62 Å². The zero-order valence-corrected chi connectivity index (χ0v) is 23.6. The number of halogens is 2. The van der Waals surface area contributed by atoms with Crippen LogP contribution in [0.4, 0.5) is 5.69 Å².